The van der Waals surface area contributed by atoms with Gasteiger partial charge in [-0.15, -0.1) is 0 Å². The van der Waals surface area contributed by atoms with Gasteiger partial charge < -0.3 is 33.2 Å². The molecule has 10 heteroatoms. The van der Waals surface area contributed by atoms with E-state index >= 15 is 0 Å². The van der Waals surface area contributed by atoms with Gasteiger partial charge in [-0.2, -0.15) is 0 Å². The van der Waals surface area contributed by atoms with Crippen LogP contribution in [0.5, 0.6) is 0 Å². The maximum absolute atomic E-state index is 11.7. The van der Waals surface area contributed by atoms with Crippen LogP contribution in [-0.4, -0.2) is 76.2 Å². The Balaban J connectivity index is 1.71. The van der Waals surface area contributed by atoms with E-state index < -0.39 is 36.6 Å². The molecule has 0 saturated carbocycles. The Morgan fingerprint density at radius 1 is 1.08 bits per heavy atom. The SMILES string of the molecule is C=C(C)C(=O)OC(COCC1COC(=O)O1)COCC1COC(=O)O1. The summed E-state index contributed by atoms with van der Waals surface area (Å²) < 4.78 is 34.9. The van der Waals surface area contributed by atoms with E-state index in [-0.39, 0.29) is 45.2 Å². The fourth-order valence-electron chi connectivity index (χ4n) is 1.92. The van der Waals surface area contributed by atoms with Crippen LogP contribution in [0.25, 0.3) is 0 Å². The Morgan fingerprint density at radius 2 is 1.56 bits per heavy atom. The molecule has 2 atom stereocenters. The number of ether oxygens (including phenoxy) is 7. The number of rotatable bonds is 10. The van der Waals surface area contributed by atoms with Crippen LogP contribution in [0.4, 0.5) is 9.59 Å². The average Bonchev–Trinajstić information content (AvgIpc) is 3.15. The molecule has 2 aliphatic rings. The average molecular weight is 360 g/mol. The van der Waals surface area contributed by atoms with Gasteiger partial charge in [0.15, 0.2) is 12.2 Å². The molecule has 0 aromatic carbocycles. The van der Waals surface area contributed by atoms with Gasteiger partial charge in [-0.05, 0) is 6.92 Å². The van der Waals surface area contributed by atoms with Crippen molar-refractivity contribution in [3.63, 3.8) is 0 Å². The second kappa shape index (κ2) is 9.23. The van der Waals surface area contributed by atoms with E-state index in [1.165, 1.54) is 6.92 Å². The normalized spacial score (nSPS) is 23.2. The molecule has 0 bridgehead atoms. The molecule has 0 N–H and O–H groups in total. The van der Waals surface area contributed by atoms with Crippen molar-refractivity contribution in [2.75, 3.05) is 39.6 Å². The monoisotopic (exact) mass is 360 g/mol. The molecule has 25 heavy (non-hydrogen) atoms. The lowest BCUT2D eigenvalue weighted by Crippen LogP contribution is -2.32. The smallest absolute Gasteiger partial charge is 0.454 e. The Bertz CT molecular complexity index is 484. The Kier molecular flexibility index (Phi) is 7.02. The van der Waals surface area contributed by atoms with E-state index in [0.29, 0.717) is 0 Å². The maximum atomic E-state index is 11.7. The molecule has 0 aliphatic carbocycles. The molecule has 10 nitrogen and oxygen atoms in total. The summed E-state index contributed by atoms with van der Waals surface area (Å²) in [6.45, 7) is 5.49. The minimum Gasteiger partial charge on any atom is -0.454 e. The predicted molar refractivity (Wildman–Crippen MR) is 78.8 cm³/mol. The largest absolute Gasteiger partial charge is 0.508 e. The van der Waals surface area contributed by atoms with Gasteiger partial charge in [-0.1, -0.05) is 6.58 Å². The van der Waals surface area contributed by atoms with Crippen molar-refractivity contribution < 1.29 is 47.5 Å². The fourth-order valence-corrected chi connectivity index (χ4v) is 1.92. The third kappa shape index (κ3) is 6.59. The van der Waals surface area contributed by atoms with Crippen LogP contribution >= 0.6 is 0 Å². The zero-order chi connectivity index (χ0) is 18.2. The molecular weight excluding hydrogens is 340 g/mol. The quantitative estimate of drug-likeness (QED) is 0.311. The molecule has 140 valence electrons. The minimum absolute atomic E-state index is 0.0219. The summed E-state index contributed by atoms with van der Waals surface area (Å²) in [4.78, 5) is 33.3. The third-order valence-corrected chi connectivity index (χ3v) is 3.14. The molecule has 2 saturated heterocycles. The maximum Gasteiger partial charge on any atom is 0.508 e. The predicted octanol–water partition coefficient (Wildman–Crippen LogP) is 0.578. The first kappa shape index (κ1) is 19.0. The highest BCUT2D eigenvalue weighted by Gasteiger charge is 2.27. The van der Waals surface area contributed by atoms with Crippen LogP contribution in [0.15, 0.2) is 12.2 Å². The summed E-state index contributed by atoms with van der Waals surface area (Å²) in [5.41, 5.74) is 0.237. The van der Waals surface area contributed by atoms with E-state index in [4.69, 9.17) is 23.7 Å². The highest BCUT2D eigenvalue weighted by Crippen LogP contribution is 2.09. The molecular formula is C15H20O10. The standard InChI is InChI=1S/C15H20O10/c1-9(2)13(16)23-10(3-19-5-11-7-21-14(17)24-11)4-20-6-12-8-22-15(18)25-12/h10-12H,1,3-8H2,2H3. The van der Waals surface area contributed by atoms with Crippen molar-refractivity contribution in [3.05, 3.63) is 12.2 Å². The fraction of sp³-hybridized carbons (Fsp3) is 0.667. The molecule has 0 aromatic rings. The number of carbonyl (C=O) groups excluding carboxylic acids is 3. The van der Waals surface area contributed by atoms with Gasteiger partial charge in [0.05, 0.1) is 26.4 Å². The van der Waals surface area contributed by atoms with E-state index in [0.717, 1.165) is 0 Å². The van der Waals surface area contributed by atoms with Crippen molar-refractivity contribution in [1.82, 2.24) is 0 Å². The number of esters is 1. The molecule has 2 aliphatic heterocycles. The van der Waals surface area contributed by atoms with Gasteiger partial charge in [0.1, 0.15) is 19.3 Å². The first-order valence-electron chi connectivity index (χ1n) is 7.63. The lowest BCUT2D eigenvalue weighted by molar-refractivity contribution is -0.152. The highest BCUT2D eigenvalue weighted by atomic mass is 16.8. The van der Waals surface area contributed by atoms with Crippen molar-refractivity contribution in [2.45, 2.75) is 25.2 Å². The van der Waals surface area contributed by atoms with Gasteiger partial charge in [0, 0.05) is 5.57 Å². The van der Waals surface area contributed by atoms with Gasteiger partial charge in [-0.3, -0.25) is 0 Å². The molecule has 0 aromatic heterocycles. The molecule has 2 rings (SSSR count). The first-order valence-corrected chi connectivity index (χ1v) is 7.63. The van der Waals surface area contributed by atoms with Gasteiger partial charge in [0.2, 0.25) is 0 Å². The number of carbonyl (C=O) groups is 3. The van der Waals surface area contributed by atoms with Gasteiger partial charge in [-0.25, -0.2) is 14.4 Å². The Morgan fingerprint density at radius 3 is 1.92 bits per heavy atom. The van der Waals surface area contributed by atoms with Gasteiger partial charge >= 0.3 is 18.3 Å². The third-order valence-electron chi connectivity index (χ3n) is 3.14. The van der Waals surface area contributed by atoms with Crippen LogP contribution in [0.1, 0.15) is 6.92 Å². The van der Waals surface area contributed by atoms with Crippen molar-refractivity contribution >= 4 is 18.3 Å². The summed E-state index contributed by atoms with van der Waals surface area (Å²) in [7, 11) is 0. The van der Waals surface area contributed by atoms with Crippen LogP contribution in [-0.2, 0) is 38.0 Å². The van der Waals surface area contributed by atoms with Gasteiger partial charge in [0.25, 0.3) is 0 Å². The van der Waals surface area contributed by atoms with E-state index in [1.54, 1.807) is 0 Å². The zero-order valence-electron chi connectivity index (χ0n) is 13.8. The molecule has 2 heterocycles. The van der Waals surface area contributed by atoms with Crippen molar-refractivity contribution in [3.8, 4) is 0 Å². The molecule has 0 radical (unpaired) electrons. The minimum atomic E-state index is -0.740. The lowest BCUT2D eigenvalue weighted by atomic mass is 10.3. The Hall–Kier alpha value is -2.33. The summed E-state index contributed by atoms with van der Waals surface area (Å²) in [5, 5.41) is 0. The van der Waals surface area contributed by atoms with Crippen LogP contribution in [0.3, 0.4) is 0 Å². The second-order valence-corrected chi connectivity index (χ2v) is 5.48. The molecule has 0 amide bonds. The van der Waals surface area contributed by atoms with Crippen molar-refractivity contribution in [1.29, 1.82) is 0 Å². The first-order chi connectivity index (χ1) is 11.9. The number of hydrogen-bond donors (Lipinski definition) is 0. The van der Waals surface area contributed by atoms with Crippen molar-refractivity contribution in [2.24, 2.45) is 0 Å². The van der Waals surface area contributed by atoms with E-state index in [2.05, 4.69) is 16.1 Å². The summed E-state index contributed by atoms with van der Waals surface area (Å²) in [5.74, 6) is -0.580. The molecule has 0 spiro atoms. The number of hydrogen-bond acceptors (Lipinski definition) is 10. The van der Waals surface area contributed by atoms with Crippen LogP contribution < -0.4 is 0 Å². The summed E-state index contributed by atoms with van der Waals surface area (Å²) in [6, 6.07) is 0. The summed E-state index contributed by atoms with van der Waals surface area (Å²) in [6.07, 6.45) is -3.19. The highest BCUT2D eigenvalue weighted by molar-refractivity contribution is 5.87. The zero-order valence-corrected chi connectivity index (χ0v) is 13.8. The van der Waals surface area contributed by atoms with E-state index in [1.807, 2.05) is 0 Å². The van der Waals surface area contributed by atoms with Crippen LogP contribution in [0.2, 0.25) is 0 Å². The molecule has 2 fully saturated rings. The van der Waals surface area contributed by atoms with Crippen LogP contribution in [0, 0.1) is 0 Å². The summed E-state index contributed by atoms with van der Waals surface area (Å²) >= 11 is 0. The molecule has 2 unspecified atom stereocenters. The Labute approximate surface area is 143 Å². The lowest BCUT2D eigenvalue weighted by Gasteiger charge is -2.19. The van der Waals surface area contributed by atoms with E-state index in [9.17, 15) is 14.4 Å². The topological polar surface area (TPSA) is 116 Å². The second-order valence-electron chi connectivity index (χ2n) is 5.48. The number of cyclic esters (lactones) is 4.